The lowest BCUT2D eigenvalue weighted by Gasteiger charge is -2.05. The summed E-state index contributed by atoms with van der Waals surface area (Å²) in [5.41, 5.74) is 4.14. The fourth-order valence-corrected chi connectivity index (χ4v) is 4.16. The van der Waals surface area contributed by atoms with E-state index in [1.54, 1.807) is 18.3 Å². The van der Waals surface area contributed by atoms with Crippen LogP contribution in [0.2, 0.25) is 0 Å². The lowest BCUT2D eigenvalue weighted by molar-refractivity contribution is 0.598. The molecule has 8 heteroatoms. The molecule has 0 fully saturated rings. The Hall–Kier alpha value is -2.99. The van der Waals surface area contributed by atoms with Crippen LogP contribution in [-0.4, -0.2) is 13.4 Å². The molecular weight excluding hydrogens is 416 g/mol. The van der Waals surface area contributed by atoms with Crippen molar-refractivity contribution in [3.8, 4) is 17.3 Å². The second kappa shape index (κ2) is 9.22. The summed E-state index contributed by atoms with van der Waals surface area (Å²) in [7, 11) is -3.73. The van der Waals surface area contributed by atoms with Crippen LogP contribution >= 0.6 is 11.3 Å². The minimum Gasteiger partial charge on any atom is -0.360 e. The van der Waals surface area contributed by atoms with Gasteiger partial charge in [-0.05, 0) is 42.2 Å². The highest BCUT2D eigenvalue weighted by atomic mass is 32.2. The number of thiazole rings is 1. The second-order valence-corrected chi connectivity index (χ2v) is 9.64. The summed E-state index contributed by atoms with van der Waals surface area (Å²) >= 11 is 1.40. The largest absolute Gasteiger partial charge is 0.360 e. The molecule has 2 aromatic carbocycles. The van der Waals surface area contributed by atoms with Gasteiger partial charge in [-0.2, -0.15) is 5.26 Å². The smallest absolute Gasteiger partial charge is 0.238 e. The molecule has 0 atom stereocenters. The van der Waals surface area contributed by atoms with Gasteiger partial charge >= 0.3 is 0 Å². The number of anilines is 1. The number of aromatic nitrogens is 1. The van der Waals surface area contributed by atoms with Crippen LogP contribution in [0.15, 0.2) is 65.0 Å². The summed E-state index contributed by atoms with van der Waals surface area (Å²) in [6.45, 7) is 4.39. The van der Waals surface area contributed by atoms with Crippen molar-refractivity contribution in [2.75, 3.05) is 5.32 Å². The maximum atomic E-state index is 11.3. The standard InChI is InChI=1S/C22H22N4O2S2/c1-15(2)11-16-3-5-17(6-4-16)21-14-29-22(26-21)18(12-23)13-25-19-7-9-20(10-8-19)30(24,27)28/h3-10,13-15,25H,11H2,1-2H3,(H2,24,27,28). The number of hydrogen-bond acceptors (Lipinski definition) is 6. The van der Waals surface area contributed by atoms with Crippen LogP contribution in [0, 0.1) is 17.2 Å². The van der Waals surface area contributed by atoms with Crippen LogP contribution in [0.25, 0.3) is 16.8 Å². The number of nitrogens with one attached hydrogen (secondary N) is 1. The molecule has 30 heavy (non-hydrogen) atoms. The first-order valence-corrected chi connectivity index (χ1v) is 11.7. The number of rotatable bonds is 7. The molecule has 0 aliphatic heterocycles. The van der Waals surface area contributed by atoms with Gasteiger partial charge in [0.1, 0.15) is 16.6 Å². The predicted molar refractivity (Wildman–Crippen MR) is 121 cm³/mol. The van der Waals surface area contributed by atoms with Crippen molar-refractivity contribution in [1.29, 1.82) is 5.26 Å². The van der Waals surface area contributed by atoms with Gasteiger partial charge in [-0.15, -0.1) is 11.3 Å². The van der Waals surface area contributed by atoms with E-state index in [-0.39, 0.29) is 4.90 Å². The molecule has 0 unspecified atom stereocenters. The Morgan fingerprint density at radius 3 is 2.43 bits per heavy atom. The van der Waals surface area contributed by atoms with E-state index in [2.05, 4.69) is 54.5 Å². The minimum absolute atomic E-state index is 0.0292. The third kappa shape index (κ3) is 5.54. The Kier molecular flexibility index (Phi) is 6.67. The molecule has 0 saturated heterocycles. The summed E-state index contributed by atoms with van der Waals surface area (Å²) in [5, 5.41) is 20.1. The van der Waals surface area contributed by atoms with E-state index in [0.717, 1.165) is 17.7 Å². The van der Waals surface area contributed by atoms with Gasteiger partial charge in [-0.25, -0.2) is 18.5 Å². The summed E-state index contributed by atoms with van der Waals surface area (Å²) in [4.78, 5) is 4.62. The third-order valence-electron chi connectivity index (χ3n) is 4.31. The van der Waals surface area contributed by atoms with E-state index in [1.165, 1.54) is 29.0 Å². The molecule has 3 N–H and O–H groups in total. The molecule has 3 aromatic rings. The predicted octanol–water partition coefficient (Wildman–Crippen LogP) is 4.63. The summed E-state index contributed by atoms with van der Waals surface area (Å²) in [6.07, 6.45) is 2.59. The first-order valence-electron chi connectivity index (χ1n) is 9.31. The Labute approximate surface area is 180 Å². The number of primary sulfonamides is 1. The number of nitrogens with zero attached hydrogens (tertiary/aromatic N) is 2. The number of sulfonamides is 1. The maximum absolute atomic E-state index is 11.3. The second-order valence-electron chi connectivity index (χ2n) is 7.22. The lowest BCUT2D eigenvalue weighted by Crippen LogP contribution is -2.11. The van der Waals surface area contributed by atoms with Crippen molar-refractivity contribution >= 4 is 32.6 Å². The van der Waals surface area contributed by atoms with E-state index in [9.17, 15) is 13.7 Å². The quantitative estimate of drug-likeness (QED) is 0.523. The summed E-state index contributed by atoms with van der Waals surface area (Å²) in [5.74, 6) is 0.605. The minimum atomic E-state index is -3.73. The van der Waals surface area contributed by atoms with Crippen LogP contribution < -0.4 is 10.5 Å². The van der Waals surface area contributed by atoms with Gasteiger partial charge in [0, 0.05) is 22.8 Å². The first kappa shape index (κ1) is 21.7. The molecule has 6 nitrogen and oxygen atoms in total. The van der Waals surface area contributed by atoms with Gasteiger partial charge < -0.3 is 5.32 Å². The van der Waals surface area contributed by atoms with E-state index >= 15 is 0 Å². The zero-order valence-corrected chi connectivity index (χ0v) is 18.3. The zero-order chi connectivity index (χ0) is 21.7. The topological polar surface area (TPSA) is 109 Å². The van der Waals surface area contributed by atoms with Crippen LogP contribution in [0.1, 0.15) is 24.4 Å². The normalized spacial score (nSPS) is 12.0. The maximum Gasteiger partial charge on any atom is 0.238 e. The average Bonchev–Trinajstić information content (AvgIpc) is 3.18. The van der Waals surface area contributed by atoms with Crippen LogP contribution in [0.4, 0.5) is 5.69 Å². The summed E-state index contributed by atoms with van der Waals surface area (Å²) in [6, 6.07) is 16.5. The summed E-state index contributed by atoms with van der Waals surface area (Å²) < 4.78 is 22.6. The Bertz CT molecular complexity index is 1190. The lowest BCUT2D eigenvalue weighted by atomic mass is 10.0. The zero-order valence-electron chi connectivity index (χ0n) is 16.7. The molecule has 0 saturated carbocycles. The van der Waals surface area contributed by atoms with Crippen molar-refractivity contribution in [2.45, 2.75) is 25.2 Å². The fraction of sp³-hybridized carbons (Fsp3) is 0.182. The van der Waals surface area contributed by atoms with Gasteiger partial charge in [-0.1, -0.05) is 38.1 Å². The highest BCUT2D eigenvalue weighted by Gasteiger charge is 2.10. The highest BCUT2D eigenvalue weighted by molar-refractivity contribution is 7.89. The SMILES string of the molecule is CC(C)Cc1ccc(-c2csc(C(C#N)=CNc3ccc(S(N)(=O)=O)cc3)n2)cc1. The number of allylic oxidation sites excluding steroid dienone is 1. The molecule has 1 heterocycles. The molecule has 3 rings (SSSR count). The van der Waals surface area contributed by atoms with Crippen molar-refractivity contribution in [3.63, 3.8) is 0 Å². The molecule has 0 aliphatic rings. The van der Waals surface area contributed by atoms with E-state index in [0.29, 0.717) is 22.2 Å². The van der Waals surface area contributed by atoms with Gasteiger partial charge in [0.25, 0.3) is 0 Å². The Balaban J connectivity index is 1.75. The molecule has 1 aromatic heterocycles. The molecular formula is C22H22N4O2S2. The van der Waals surface area contributed by atoms with Gasteiger partial charge in [0.05, 0.1) is 10.6 Å². The van der Waals surface area contributed by atoms with E-state index in [4.69, 9.17) is 5.14 Å². The van der Waals surface area contributed by atoms with Crippen LogP contribution in [0.3, 0.4) is 0 Å². The molecule has 0 spiro atoms. The Morgan fingerprint density at radius 2 is 1.87 bits per heavy atom. The highest BCUT2D eigenvalue weighted by Crippen LogP contribution is 2.27. The van der Waals surface area contributed by atoms with Crippen molar-refractivity contribution < 1.29 is 8.42 Å². The van der Waals surface area contributed by atoms with E-state index in [1.807, 2.05) is 5.38 Å². The molecule has 0 radical (unpaired) electrons. The van der Waals surface area contributed by atoms with Gasteiger partial charge in [-0.3, -0.25) is 0 Å². The number of benzene rings is 2. The van der Waals surface area contributed by atoms with E-state index < -0.39 is 10.0 Å². The number of nitriles is 1. The van der Waals surface area contributed by atoms with Gasteiger partial charge in [0.2, 0.25) is 10.0 Å². The molecule has 0 bridgehead atoms. The molecule has 0 aliphatic carbocycles. The molecule has 0 amide bonds. The Morgan fingerprint density at radius 1 is 1.20 bits per heavy atom. The number of hydrogen-bond donors (Lipinski definition) is 2. The fourth-order valence-electron chi connectivity index (χ4n) is 2.85. The molecule has 154 valence electrons. The average molecular weight is 439 g/mol. The first-order chi connectivity index (χ1) is 14.3. The van der Waals surface area contributed by atoms with Crippen molar-refractivity contribution in [1.82, 2.24) is 4.98 Å². The van der Waals surface area contributed by atoms with Crippen molar-refractivity contribution in [3.05, 3.63) is 70.7 Å². The van der Waals surface area contributed by atoms with Crippen LogP contribution in [0.5, 0.6) is 0 Å². The number of nitrogens with two attached hydrogens (primary N) is 1. The van der Waals surface area contributed by atoms with Crippen molar-refractivity contribution in [2.24, 2.45) is 11.1 Å². The van der Waals surface area contributed by atoms with Crippen LogP contribution in [-0.2, 0) is 16.4 Å². The monoisotopic (exact) mass is 438 g/mol. The van der Waals surface area contributed by atoms with Gasteiger partial charge in [0.15, 0.2) is 0 Å². The third-order valence-corrected chi connectivity index (χ3v) is 6.12.